The minimum absolute atomic E-state index is 0.0335. The molecule has 3 aromatic rings. The van der Waals surface area contributed by atoms with E-state index in [1.807, 2.05) is 22.6 Å². The molecule has 0 aromatic carbocycles. The third kappa shape index (κ3) is 4.16. The molecule has 0 atom stereocenters. The third-order valence-electron chi connectivity index (χ3n) is 6.01. The maximum absolute atomic E-state index is 13.6. The molecule has 0 radical (unpaired) electrons. The number of nitrogens with zero attached hydrogens (tertiary/aromatic N) is 4. The van der Waals surface area contributed by atoms with Crippen molar-refractivity contribution < 1.29 is 14.3 Å². The Bertz CT molecular complexity index is 1160. The topological polar surface area (TPSA) is 77.3 Å². The summed E-state index contributed by atoms with van der Waals surface area (Å²) in [6.45, 7) is 11.6. The minimum Gasteiger partial charge on any atom is -0.466 e. The zero-order valence-corrected chi connectivity index (χ0v) is 20.2. The van der Waals surface area contributed by atoms with Crippen LogP contribution in [0.2, 0.25) is 0 Å². The van der Waals surface area contributed by atoms with Crippen molar-refractivity contribution >= 4 is 34.2 Å². The summed E-state index contributed by atoms with van der Waals surface area (Å²) >= 11 is 1.73. The lowest BCUT2D eigenvalue weighted by atomic mass is 9.96. The van der Waals surface area contributed by atoms with E-state index in [1.54, 1.807) is 17.5 Å². The highest BCUT2D eigenvalue weighted by molar-refractivity contribution is 7.12. The first-order chi connectivity index (χ1) is 15.3. The second kappa shape index (κ2) is 9.02. The average Bonchev–Trinajstić information content (AvgIpc) is 3.35. The van der Waals surface area contributed by atoms with Gasteiger partial charge < -0.3 is 9.64 Å². The lowest BCUT2D eigenvalue weighted by Gasteiger charge is -2.31. The highest BCUT2D eigenvalue weighted by Gasteiger charge is 2.30. The summed E-state index contributed by atoms with van der Waals surface area (Å²) in [5.41, 5.74) is 3.20. The molecule has 0 N–H and O–H groups in total. The van der Waals surface area contributed by atoms with Crippen LogP contribution in [0.5, 0.6) is 0 Å². The van der Waals surface area contributed by atoms with E-state index in [0.29, 0.717) is 38.1 Å². The highest BCUT2D eigenvalue weighted by Crippen LogP contribution is 2.33. The second-order valence-corrected chi connectivity index (χ2v) is 10.1. The third-order valence-corrected chi connectivity index (χ3v) is 6.97. The molecule has 0 unspecified atom stereocenters. The van der Waals surface area contributed by atoms with Crippen LogP contribution < -0.4 is 0 Å². The number of esters is 1. The summed E-state index contributed by atoms with van der Waals surface area (Å²) in [7, 11) is 0. The van der Waals surface area contributed by atoms with Crippen LogP contribution in [0.3, 0.4) is 0 Å². The summed E-state index contributed by atoms with van der Waals surface area (Å²) in [5.74, 6) is -0.323. The number of piperidine rings is 1. The monoisotopic (exact) mass is 454 g/mol. The Kier molecular flexibility index (Phi) is 6.33. The summed E-state index contributed by atoms with van der Waals surface area (Å²) in [6, 6.07) is 4.16. The molecule has 32 heavy (non-hydrogen) atoms. The number of aromatic nitrogens is 3. The number of aryl methyl sites for hydroxylation is 2. The Balaban J connectivity index is 1.71. The van der Waals surface area contributed by atoms with E-state index in [1.165, 1.54) is 9.75 Å². The first-order valence-corrected chi connectivity index (χ1v) is 12.0. The predicted molar refractivity (Wildman–Crippen MR) is 126 cm³/mol. The van der Waals surface area contributed by atoms with E-state index >= 15 is 0 Å². The zero-order valence-electron chi connectivity index (χ0n) is 19.3. The molecular weight excluding hydrogens is 424 g/mol. The van der Waals surface area contributed by atoms with E-state index < -0.39 is 0 Å². The lowest BCUT2D eigenvalue weighted by molar-refractivity contribution is -0.149. The van der Waals surface area contributed by atoms with Crippen molar-refractivity contribution in [2.24, 2.45) is 5.92 Å². The number of carbonyl (C=O) groups is 2. The molecule has 1 aliphatic heterocycles. The standard InChI is InChI=1S/C24H30N4O3S/c1-6-31-24(30)17-7-9-27(10-8-17)23(29)19-12-21(18-11-15(4)32-16(18)5)26-22-20(19)13-25-28(22)14(2)3/h11-14,17H,6-10H2,1-5H3. The molecule has 1 fully saturated rings. The fourth-order valence-corrected chi connectivity index (χ4v) is 5.28. The van der Waals surface area contributed by atoms with Crippen molar-refractivity contribution in [1.29, 1.82) is 0 Å². The molecule has 0 saturated carbocycles. The molecule has 0 bridgehead atoms. The van der Waals surface area contributed by atoms with E-state index in [-0.39, 0.29) is 23.8 Å². The Morgan fingerprint density at radius 1 is 1.22 bits per heavy atom. The molecule has 1 aliphatic rings. The van der Waals surface area contributed by atoms with Crippen LogP contribution in [0.25, 0.3) is 22.3 Å². The highest BCUT2D eigenvalue weighted by atomic mass is 32.1. The number of amides is 1. The molecule has 0 aliphatic carbocycles. The summed E-state index contributed by atoms with van der Waals surface area (Å²) in [5, 5.41) is 5.29. The van der Waals surface area contributed by atoms with Gasteiger partial charge in [-0.25, -0.2) is 9.67 Å². The molecule has 1 saturated heterocycles. The molecule has 170 valence electrons. The van der Waals surface area contributed by atoms with Crippen LogP contribution in [0, 0.1) is 19.8 Å². The fourth-order valence-electron chi connectivity index (χ4n) is 4.34. The van der Waals surface area contributed by atoms with Crippen LogP contribution >= 0.6 is 11.3 Å². The van der Waals surface area contributed by atoms with Crippen molar-refractivity contribution in [3.8, 4) is 11.3 Å². The van der Waals surface area contributed by atoms with Gasteiger partial charge in [0.1, 0.15) is 0 Å². The van der Waals surface area contributed by atoms with E-state index in [4.69, 9.17) is 9.72 Å². The lowest BCUT2D eigenvalue weighted by Crippen LogP contribution is -2.40. The van der Waals surface area contributed by atoms with Crippen molar-refractivity contribution in [2.45, 2.75) is 53.5 Å². The molecule has 4 heterocycles. The van der Waals surface area contributed by atoms with Crippen LogP contribution in [-0.2, 0) is 9.53 Å². The SMILES string of the molecule is CCOC(=O)C1CCN(C(=O)c2cc(-c3cc(C)sc3C)nc3c2cnn3C(C)C)CC1. The molecule has 3 aromatic heterocycles. The number of hydrogen-bond acceptors (Lipinski definition) is 6. The van der Waals surface area contributed by atoms with Crippen LogP contribution in [0.15, 0.2) is 18.3 Å². The quantitative estimate of drug-likeness (QED) is 0.519. The van der Waals surface area contributed by atoms with Gasteiger partial charge in [0.05, 0.1) is 35.4 Å². The van der Waals surface area contributed by atoms with Crippen molar-refractivity contribution in [3.05, 3.63) is 33.6 Å². The van der Waals surface area contributed by atoms with E-state index in [2.05, 4.69) is 38.9 Å². The normalized spacial score (nSPS) is 15.0. The molecule has 7 nitrogen and oxygen atoms in total. The zero-order chi connectivity index (χ0) is 23.0. The number of fused-ring (bicyclic) bond motifs is 1. The number of hydrogen-bond donors (Lipinski definition) is 0. The van der Waals surface area contributed by atoms with Gasteiger partial charge in [0.15, 0.2) is 5.65 Å². The molecule has 8 heteroatoms. The maximum atomic E-state index is 13.6. The van der Waals surface area contributed by atoms with E-state index in [0.717, 1.165) is 22.3 Å². The first-order valence-electron chi connectivity index (χ1n) is 11.2. The van der Waals surface area contributed by atoms with Gasteiger partial charge in [0.25, 0.3) is 5.91 Å². The number of likely N-dealkylation sites (tertiary alicyclic amines) is 1. The molecule has 4 rings (SSSR count). The molecule has 1 amide bonds. The number of pyridine rings is 1. The summed E-state index contributed by atoms with van der Waals surface area (Å²) < 4.78 is 7.03. The average molecular weight is 455 g/mol. The van der Waals surface area contributed by atoms with Gasteiger partial charge in [-0.2, -0.15) is 5.10 Å². The van der Waals surface area contributed by atoms with Gasteiger partial charge in [-0.05, 0) is 59.6 Å². The van der Waals surface area contributed by atoms with Gasteiger partial charge in [-0.15, -0.1) is 11.3 Å². The summed E-state index contributed by atoms with van der Waals surface area (Å²) in [4.78, 5) is 34.8. The van der Waals surface area contributed by atoms with Crippen molar-refractivity contribution in [2.75, 3.05) is 19.7 Å². The van der Waals surface area contributed by atoms with Crippen LogP contribution in [-0.4, -0.2) is 51.2 Å². The molecular formula is C24H30N4O3S. The van der Waals surface area contributed by atoms with Crippen molar-refractivity contribution in [3.63, 3.8) is 0 Å². The Morgan fingerprint density at radius 2 is 1.94 bits per heavy atom. The van der Waals surface area contributed by atoms with Gasteiger partial charge in [-0.1, -0.05) is 0 Å². The Morgan fingerprint density at radius 3 is 2.53 bits per heavy atom. The number of thiophene rings is 1. The largest absolute Gasteiger partial charge is 0.466 e. The van der Waals surface area contributed by atoms with Gasteiger partial charge in [-0.3, -0.25) is 9.59 Å². The van der Waals surface area contributed by atoms with Gasteiger partial charge >= 0.3 is 5.97 Å². The minimum atomic E-state index is -0.158. The number of rotatable bonds is 5. The van der Waals surface area contributed by atoms with Crippen LogP contribution in [0.4, 0.5) is 0 Å². The van der Waals surface area contributed by atoms with Gasteiger partial charge in [0, 0.05) is 34.4 Å². The van der Waals surface area contributed by atoms with Crippen LogP contribution in [0.1, 0.15) is 59.8 Å². The number of carbonyl (C=O) groups excluding carboxylic acids is 2. The van der Waals surface area contributed by atoms with Crippen molar-refractivity contribution in [1.82, 2.24) is 19.7 Å². The Hall–Kier alpha value is -2.74. The fraction of sp³-hybridized carbons (Fsp3) is 0.500. The number of ether oxygens (including phenoxy) is 1. The maximum Gasteiger partial charge on any atom is 0.309 e. The van der Waals surface area contributed by atoms with E-state index in [9.17, 15) is 9.59 Å². The Labute approximate surface area is 192 Å². The smallest absolute Gasteiger partial charge is 0.309 e. The van der Waals surface area contributed by atoms with Gasteiger partial charge in [0.2, 0.25) is 0 Å². The summed E-state index contributed by atoms with van der Waals surface area (Å²) in [6.07, 6.45) is 3.00. The first kappa shape index (κ1) is 22.5. The second-order valence-electron chi connectivity index (χ2n) is 8.62. The molecule has 0 spiro atoms. The predicted octanol–water partition coefficient (Wildman–Crippen LogP) is 4.77.